The predicted molar refractivity (Wildman–Crippen MR) is 91.3 cm³/mol. The third-order valence-electron chi connectivity index (χ3n) is 4.21. The standard InChI is InChI=1S/C15H26BrN3S/c1-4-13(17)15(14-8-12(16)10-20-14)19-7-5-6-18(3)9-11(19)2/h8,10-11,13,15H,4-7,9,17H2,1-3H3. The first-order valence-corrected chi connectivity index (χ1v) is 9.14. The van der Waals surface area contributed by atoms with Crippen molar-refractivity contribution in [2.24, 2.45) is 5.73 Å². The first kappa shape index (κ1) is 16.4. The molecule has 0 saturated carbocycles. The van der Waals surface area contributed by atoms with Crippen LogP contribution in [0.2, 0.25) is 0 Å². The van der Waals surface area contributed by atoms with E-state index in [0.29, 0.717) is 12.1 Å². The second-order valence-electron chi connectivity index (χ2n) is 5.89. The van der Waals surface area contributed by atoms with E-state index in [1.165, 1.54) is 22.3 Å². The molecule has 2 heterocycles. The van der Waals surface area contributed by atoms with E-state index in [0.717, 1.165) is 19.5 Å². The maximum atomic E-state index is 6.47. The SMILES string of the molecule is CCC(N)C(c1cc(Br)cs1)N1CCCN(C)CC1C. The van der Waals surface area contributed by atoms with Crippen molar-refractivity contribution in [2.75, 3.05) is 26.7 Å². The van der Waals surface area contributed by atoms with Gasteiger partial charge in [0.2, 0.25) is 0 Å². The van der Waals surface area contributed by atoms with Crippen molar-refractivity contribution in [3.05, 3.63) is 20.8 Å². The van der Waals surface area contributed by atoms with Crippen LogP contribution in [0.5, 0.6) is 0 Å². The largest absolute Gasteiger partial charge is 0.326 e. The summed E-state index contributed by atoms with van der Waals surface area (Å²) in [6.45, 7) is 7.97. The molecule has 5 heteroatoms. The molecule has 1 aliphatic heterocycles. The number of nitrogens with two attached hydrogens (primary N) is 1. The lowest BCUT2D eigenvalue weighted by Gasteiger charge is -2.38. The number of hydrogen-bond acceptors (Lipinski definition) is 4. The van der Waals surface area contributed by atoms with Crippen molar-refractivity contribution >= 4 is 27.3 Å². The van der Waals surface area contributed by atoms with E-state index in [4.69, 9.17) is 5.73 Å². The maximum Gasteiger partial charge on any atom is 0.0596 e. The Morgan fingerprint density at radius 3 is 2.85 bits per heavy atom. The van der Waals surface area contributed by atoms with Crippen molar-refractivity contribution < 1.29 is 0 Å². The lowest BCUT2D eigenvalue weighted by atomic mass is 10.0. The molecular weight excluding hydrogens is 334 g/mol. The predicted octanol–water partition coefficient (Wildman–Crippen LogP) is 3.32. The Morgan fingerprint density at radius 1 is 1.50 bits per heavy atom. The summed E-state index contributed by atoms with van der Waals surface area (Å²) in [5.41, 5.74) is 6.47. The second-order valence-corrected chi connectivity index (χ2v) is 7.75. The Labute approximate surface area is 135 Å². The minimum atomic E-state index is 0.200. The van der Waals surface area contributed by atoms with Gasteiger partial charge in [-0.15, -0.1) is 11.3 Å². The number of thiophene rings is 1. The highest BCUT2D eigenvalue weighted by molar-refractivity contribution is 9.10. The highest BCUT2D eigenvalue weighted by Crippen LogP contribution is 2.34. The first-order chi connectivity index (χ1) is 9.52. The zero-order chi connectivity index (χ0) is 14.7. The van der Waals surface area contributed by atoms with E-state index >= 15 is 0 Å². The van der Waals surface area contributed by atoms with Gasteiger partial charge in [-0.3, -0.25) is 4.90 Å². The molecule has 3 atom stereocenters. The lowest BCUT2D eigenvalue weighted by Crippen LogP contribution is -2.46. The number of nitrogens with zero attached hydrogens (tertiary/aromatic N) is 2. The molecule has 0 bridgehead atoms. The Morgan fingerprint density at radius 2 is 2.25 bits per heavy atom. The Bertz CT molecular complexity index is 423. The van der Waals surface area contributed by atoms with Crippen LogP contribution in [-0.4, -0.2) is 48.6 Å². The van der Waals surface area contributed by atoms with Crippen LogP contribution < -0.4 is 5.73 Å². The summed E-state index contributed by atoms with van der Waals surface area (Å²) in [4.78, 5) is 6.45. The van der Waals surface area contributed by atoms with Gasteiger partial charge in [-0.25, -0.2) is 0 Å². The van der Waals surface area contributed by atoms with Gasteiger partial charge in [0.15, 0.2) is 0 Å². The number of hydrogen-bond donors (Lipinski definition) is 1. The quantitative estimate of drug-likeness (QED) is 0.894. The number of likely N-dealkylation sites (N-methyl/N-ethyl adjacent to an activating group) is 1. The fourth-order valence-corrected chi connectivity index (χ4v) is 4.77. The van der Waals surface area contributed by atoms with E-state index < -0.39 is 0 Å². The molecule has 1 aromatic heterocycles. The Hall–Kier alpha value is 0.0600. The molecule has 0 radical (unpaired) electrons. The molecule has 2 rings (SSSR count). The van der Waals surface area contributed by atoms with Gasteiger partial charge in [-0.1, -0.05) is 6.92 Å². The van der Waals surface area contributed by atoms with E-state index in [2.05, 4.69) is 58.1 Å². The average Bonchev–Trinajstić information content (AvgIpc) is 2.75. The summed E-state index contributed by atoms with van der Waals surface area (Å²) >= 11 is 5.40. The molecule has 0 amide bonds. The zero-order valence-corrected chi connectivity index (χ0v) is 15.1. The van der Waals surface area contributed by atoms with Crippen molar-refractivity contribution in [3.8, 4) is 0 Å². The van der Waals surface area contributed by atoms with Crippen LogP contribution in [0.4, 0.5) is 0 Å². The molecule has 1 aliphatic rings. The van der Waals surface area contributed by atoms with E-state index in [9.17, 15) is 0 Å². The Kier molecular flexibility index (Phi) is 6.05. The minimum absolute atomic E-state index is 0.200. The molecule has 3 nitrogen and oxygen atoms in total. The van der Waals surface area contributed by atoms with Gasteiger partial charge in [0.1, 0.15) is 0 Å². The van der Waals surface area contributed by atoms with Gasteiger partial charge in [0.05, 0.1) is 6.04 Å². The molecule has 1 fully saturated rings. The molecule has 1 saturated heterocycles. The van der Waals surface area contributed by atoms with E-state index in [-0.39, 0.29) is 6.04 Å². The number of rotatable bonds is 4. The monoisotopic (exact) mass is 359 g/mol. The summed E-state index contributed by atoms with van der Waals surface area (Å²) < 4.78 is 1.17. The minimum Gasteiger partial charge on any atom is -0.326 e. The van der Waals surface area contributed by atoms with Gasteiger partial charge < -0.3 is 10.6 Å². The van der Waals surface area contributed by atoms with Crippen LogP contribution in [0.15, 0.2) is 15.9 Å². The maximum absolute atomic E-state index is 6.47. The highest BCUT2D eigenvalue weighted by Gasteiger charge is 2.31. The molecular formula is C15H26BrN3S. The zero-order valence-electron chi connectivity index (χ0n) is 12.7. The Balaban J connectivity index is 2.25. The van der Waals surface area contributed by atoms with E-state index in [1.807, 2.05) is 11.3 Å². The van der Waals surface area contributed by atoms with E-state index in [1.54, 1.807) is 0 Å². The molecule has 2 N–H and O–H groups in total. The lowest BCUT2D eigenvalue weighted by molar-refractivity contribution is 0.124. The average molecular weight is 360 g/mol. The van der Waals surface area contributed by atoms with Gasteiger partial charge in [0, 0.05) is 39.9 Å². The molecule has 0 spiro atoms. The van der Waals surface area contributed by atoms with Crippen LogP contribution >= 0.6 is 27.3 Å². The van der Waals surface area contributed by atoms with Gasteiger partial charge in [-0.05, 0) is 55.4 Å². The summed E-state index contributed by atoms with van der Waals surface area (Å²) in [6.07, 6.45) is 2.24. The molecule has 114 valence electrons. The summed E-state index contributed by atoms with van der Waals surface area (Å²) in [5.74, 6) is 0. The topological polar surface area (TPSA) is 32.5 Å². The van der Waals surface area contributed by atoms with Crippen LogP contribution in [0, 0.1) is 0 Å². The third kappa shape index (κ3) is 3.83. The first-order valence-electron chi connectivity index (χ1n) is 7.46. The highest BCUT2D eigenvalue weighted by atomic mass is 79.9. The summed E-state index contributed by atoms with van der Waals surface area (Å²) in [6, 6.07) is 3.34. The van der Waals surface area contributed by atoms with Crippen LogP contribution in [0.3, 0.4) is 0 Å². The van der Waals surface area contributed by atoms with Gasteiger partial charge >= 0.3 is 0 Å². The summed E-state index contributed by atoms with van der Waals surface area (Å²) in [7, 11) is 2.22. The van der Waals surface area contributed by atoms with Crippen molar-refractivity contribution in [3.63, 3.8) is 0 Å². The smallest absolute Gasteiger partial charge is 0.0596 e. The van der Waals surface area contributed by atoms with Crippen LogP contribution in [-0.2, 0) is 0 Å². The molecule has 0 aromatic carbocycles. The van der Waals surface area contributed by atoms with Crippen molar-refractivity contribution in [1.29, 1.82) is 0 Å². The van der Waals surface area contributed by atoms with Crippen molar-refractivity contribution in [2.45, 2.75) is 44.8 Å². The van der Waals surface area contributed by atoms with Crippen LogP contribution in [0.1, 0.15) is 37.6 Å². The van der Waals surface area contributed by atoms with Crippen LogP contribution in [0.25, 0.3) is 0 Å². The van der Waals surface area contributed by atoms with Gasteiger partial charge in [0.25, 0.3) is 0 Å². The fourth-order valence-electron chi connectivity index (χ4n) is 3.13. The normalized spacial score (nSPS) is 25.4. The number of halogens is 1. The third-order valence-corrected chi connectivity index (χ3v) is 5.98. The fraction of sp³-hybridized carbons (Fsp3) is 0.733. The van der Waals surface area contributed by atoms with Crippen molar-refractivity contribution in [1.82, 2.24) is 9.80 Å². The second kappa shape index (κ2) is 7.36. The summed E-state index contributed by atoms with van der Waals surface area (Å²) in [5, 5.41) is 2.17. The van der Waals surface area contributed by atoms with Gasteiger partial charge in [-0.2, -0.15) is 0 Å². The molecule has 20 heavy (non-hydrogen) atoms. The molecule has 1 aromatic rings. The molecule has 3 unspecified atom stereocenters. The molecule has 0 aliphatic carbocycles.